The van der Waals surface area contributed by atoms with E-state index in [0.717, 1.165) is 16.3 Å². The Morgan fingerprint density at radius 1 is 1.15 bits per heavy atom. The fourth-order valence-corrected chi connectivity index (χ4v) is 4.16. The first-order chi connectivity index (χ1) is 12.5. The summed E-state index contributed by atoms with van der Waals surface area (Å²) in [6.07, 6.45) is 4.41. The van der Waals surface area contributed by atoms with Crippen LogP contribution in [0.1, 0.15) is 25.3 Å². The zero-order valence-electron chi connectivity index (χ0n) is 14.0. The Labute approximate surface area is 156 Å². The number of nitrogens with zero attached hydrogens (tertiary/aromatic N) is 1. The predicted molar refractivity (Wildman–Crippen MR) is 102 cm³/mol. The van der Waals surface area contributed by atoms with Crippen molar-refractivity contribution in [2.75, 3.05) is 0 Å². The van der Waals surface area contributed by atoms with Crippen molar-refractivity contribution in [3.8, 4) is 5.75 Å². The first kappa shape index (κ1) is 17.1. The van der Waals surface area contributed by atoms with Gasteiger partial charge < -0.3 is 4.74 Å². The molecule has 0 fully saturated rings. The Morgan fingerprint density at radius 2 is 1.96 bits per heavy atom. The molecule has 4 rings (SSSR count). The average molecular weight is 390 g/mol. The maximum atomic E-state index is 12.4. The van der Waals surface area contributed by atoms with Crippen LogP contribution in [0.5, 0.6) is 5.75 Å². The normalized spacial score (nSPS) is 21.2. The molecule has 1 aliphatic carbocycles. The summed E-state index contributed by atoms with van der Waals surface area (Å²) < 4.78 is 35.4. The maximum absolute atomic E-state index is 12.4. The second-order valence-corrected chi connectivity index (χ2v) is 8.22. The van der Waals surface area contributed by atoms with Gasteiger partial charge in [0.15, 0.2) is 0 Å². The van der Waals surface area contributed by atoms with Crippen LogP contribution < -0.4 is 4.74 Å². The minimum absolute atomic E-state index is 0.204. The van der Waals surface area contributed by atoms with E-state index >= 15 is 0 Å². The van der Waals surface area contributed by atoms with Gasteiger partial charge in [0, 0.05) is 0 Å². The lowest BCUT2D eigenvalue weighted by atomic mass is 10.0. The molecular weight excluding hydrogens is 374 g/mol. The Balaban J connectivity index is 1.72. The van der Waals surface area contributed by atoms with Crippen molar-refractivity contribution in [2.24, 2.45) is 5.16 Å². The van der Waals surface area contributed by atoms with Gasteiger partial charge in [-0.05, 0) is 42.7 Å². The smallest absolute Gasteiger partial charge is 0.354 e. The molecule has 134 valence electrons. The summed E-state index contributed by atoms with van der Waals surface area (Å²) in [5.41, 5.74) is 1.13. The number of ether oxygens (including phenoxy) is 1. The molecule has 0 saturated carbocycles. The molecular formula is C19H16ClNO4S. The molecule has 26 heavy (non-hydrogen) atoms. The highest BCUT2D eigenvalue weighted by Gasteiger charge is 2.32. The highest BCUT2D eigenvalue weighted by Crippen LogP contribution is 2.37. The van der Waals surface area contributed by atoms with Gasteiger partial charge in [0.1, 0.15) is 11.5 Å². The number of alkyl halides is 1. The Kier molecular flexibility index (Phi) is 4.25. The average Bonchev–Trinajstić information content (AvgIpc) is 2.96. The van der Waals surface area contributed by atoms with Crippen LogP contribution in [0, 0.1) is 0 Å². The van der Waals surface area contributed by atoms with Crippen LogP contribution in [-0.2, 0) is 14.4 Å². The number of allylic oxidation sites excluding steroid dienone is 4. The van der Waals surface area contributed by atoms with Crippen LogP contribution in [0.2, 0.25) is 0 Å². The van der Waals surface area contributed by atoms with Gasteiger partial charge in [-0.15, -0.1) is 0 Å². The van der Waals surface area contributed by atoms with Crippen LogP contribution in [-0.4, -0.2) is 19.7 Å². The number of rotatable bonds is 3. The predicted octanol–water partition coefficient (Wildman–Crippen LogP) is 4.47. The molecule has 0 saturated heterocycles. The van der Waals surface area contributed by atoms with Crippen molar-refractivity contribution in [3.05, 3.63) is 64.6 Å². The van der Waals surface area contributed by atoms with E-state index in [1.165, 1.54) is 0 Å². The molecule has 2 aromatic carbocycles. The summed E-state index contributed by atoms with van der Waals surface area (Å²) >= 11 is 6.23. The van der Waals surface area contributed by atoms with Crippen molar-refractivity contribution < 1.29 is 17.4 Å². The van der Waals surface area contributed by atoms with Crippen LogP contribution in [0.15, 0.2) is 64.2 Å². The summed E-state index contributed by atoms with van der Waals surface area (Å²) in [4.78, 5) is 0.204. The van der Waals surface area contributed by atoms with Gasteiger partial charge >= 0.3 is 10.1 Å². The van der Waals surface area contributed by atoms with E-state index in [9.17, 15) is 8.42 Å². The van der Waals surface area contributed by atoms with Gasteiger partial charge in [0.25, 0.3) is 0 Å². The lowest BCUT2D eigenvalue weighted by Gasteiger charge is -2.11. The fourth-order valence-electron chi connectivity index (χ4n) is 3.05. The molecule has 1 heterocycles. The highest BCUT2D eigenvalue weighted by atomic mass is 35.5. The number of hydrogen-bond acceptors (Lipinski definition) is 5. The molecule has 0 N–H and O–H groups in total. The van der Waals surface area contributed by atoms with E-state index in [1.807, 2.05) is 37.3 Å². The zero-order valence-corrected chi connectivity index (χ0v) is 15.5. The molecule has 5 nitrogen and oxygen atoms in total. The van der Waals surface area contributed by atoms with E-state index in [2.05, 4.69) is 5.16 Å². The fraction of sp³-hybridized carbons (Fsp3) is 0.211. The molecule has 1 unspecified atom stereocenters. The molecule has 0 bridgehead atoms. The van der Waals surface area contributed by atoms with E-state index in [1.54, 1.807) is 18.2 Å². The van der Waals surface area contributed by atoms with Crippen LogP contribution in [0.25, 0.3) is 10.8 Å². The topological polar surface area (TPSA) is 65.0 Å². The number of fused-ring (bicyclic) bond motifs is 3. The van der Waals surface area contributed by atoms with E-state index in [0.29, 0.717) is 24.2 Å². The minimum Gasteiger partial charge on any atom is -0.468 e. The minimum atomic E-state index is -3.96. The maximum Gasteiger partial charge on any atom is 0.354 e. The SMILES string of the molecule is CC1=CC=C(S(=O)(=O)O/N=C2/c3c(ccc4ccccc34)OC2Cl)CC1. The Hall–Kier alpha value is -2.31. The lowest BCUT2D eigenvalue weighted by molar-refractivity contribution is 0.327. The third-order valence-electron chi connectivity index (χ3n) is 4.47. The third-order valence-corrected chi connectivity index (χ3v) is 6.02. The number of oxime groups is 1. The van der Waals surface area contributed by atoms with Crippen molar-refractivity contribution in [2.45, 2.75) is 25.3 Å². The summed E-state index contributed by atoms with van der Waals surface area (Å²) in [6, 6.07) is 11.4. The number of hydrogen-bond donors (Lipinski definition) is 0. The standard InChI is InChI=1S/C19H16ClNO4S/c1-12-6-9-14(10-7-12)26(22,23)25-21-18-17-15-5-3-2-4-13(15)8-11-16(17)24-19(18)20/h2-6,8-9,11,19H,7,10H2,1H3/b21-18-. The summed E-state index contributed by atoms with van der Waals surface area (Å²) in [5, 5.41) is 5.73. The van der Waals surface area contributed by atoms with Gasteiger partial charge in [-0.2, -0.15) is 8.42 Å². The lowest BCUT2D eigenvalue weighted by Crippen LogP contribution is -2.16. The molecule has 1 aliphatic heterocycles. The second kappa shape index (κ2) is 6.45. The highest BCUT2D eigenvalue weighted by molar-refractivity contribution is 7.90. The quantitative estimate of drug-likeness (QED) is 0.573. The molecule has 1 atom stereocenters. The van der Waals surface area contributed by atoms with Crippen LogP contribution >= 0.6 is 11.6 Å². The van der Waals surface area contributed by atoms with Crippen molar-refractivity contribution in [1.29, 1.82) is 0 Å². The first-order valence-electron chi connectivity index (χ1n) is 8.16. The van der Waals surface area contributed by atoms with Gasteiger partial charge in [0.05, 0.1) is 10.5 Å². The summed E-state index contributed by atoms with van der Waals surface area (Å²) in [5.74, 6) is 0.555. The third kappa shape index (κ3) is 2.99. The van der Waals surface area contributed by atoms with Gasteiger partial charge in [0.2, 0.25) is 5.56 Å². The Morgan fingerprint density at radius 3 is 2.73 bits per heavy atom. The molecule has 0 radical (unpaired) electrons. The number of benzene rings is 2. The van der Waals surface area contributed by atoms with Gasteiger partial charge in [-0.3, -0.25) is 4.28 Å². The number of halogens is 1. The largest absolute Gasteiger partial charge is 0.468 e. The van der Waals surface area contributed by atoms with E-state index < -0.39 is 15.7 Å². The van der Waals surface area contributed by atoms with Crippen LogP contribution in [0.4, 0.5) is 0 Å². The molecule has 2 aromatic rings. The van der Waals surface area contributed by atoms with Gasteiger partial charge in [-0.1, -0.05) is 58.7 Å². The summed E-state index contributed by atoms with van der Waals surface area (Å²) in [6.45, 7) is 1.96. The first-order valence-corrected chi connectivity index (χ1v) is 10.0. The molecule has 0 amide bonds. The molecule has 2 aliphatic rings. The molecule has 0 aromatic heterocycles. The molecule has 0 spiro atoms. The van der Waals surface area contributed by atoms with Crippen molar-refractivity contribution in [3.63, 3.8) is 0 Å². The second-order valence-electron chi connectivity index (χ2n) is 6.24. The monoisotopic (exact) mass is 389 g/mol. The van der Waals surface area contributed by atoms with Crippen LogP contribution in [0.3, 0.4) is 0 Å². The zero-order chi connectivity index (χ0) is 18.3. The summed E-state index contributed by atoms with van der Waals surface area (Å²) in [7, 11) is -3.96. The Bertz CT molecular complexity index is 1090. The van der Waals surface area contributed by atoms with Crippen molar-refractivity contribution in [1.82, 2.24) is 0 Å². The van der Waals surface area contributed by atoms with Gasteiger partial charge in [-0.25, -0.2) is 0 Å². The molecule has 7 heteroatoms. The van der Waals surface area contributed by atoms with Crippen molar-refractivity contribution >= 4 is 38.2 Å². The van der Waals surface area contributed by atoms with E-state index in [4.69, 9.17) is 20.6 Å². The van der Waals surface area contributed by atoms with E-state index in [-0.39, 0.29) is 10.6 Å².